The molecule has 1 aliphatic carbocycles. The molecule has 1 aromatic carbocycles. The number of nitrogen functional groups attached to an aromatic ring is 1. The van der Waals surface area contributed by atoms with Gasteiger partial charge in [-0.05, 0) is 43.5 Å². The molecular formula is C18H26N2O2. The van der Waals surface area contributed by atoms with Crippen LogP contribution < -0.4 is 15.8 Å². The van der Waals surface area contributed by atoms with Crippen molar-refractivity contribution in [1.29, 1.82) is 0 Å². The van der Waals surface area contributed by atoms with Crippen molar-refractivity contribution < 1.29 is 9.53 Å². The molecule has 0 aromatic heterocycles. The van der Waals surface area contributed by atoms with Gasteiger partial charge >= 0.3 is 0 Å². The number of ether oxygens (including phenoxy) is 1. The summed E-state index contributed by atoms with van der Waals surface area (Å²) in [6.07, 6.45) is 7.08. The Morgan fingerprint density at radius 1 is 1.32 bits per heavy atom. The summed E-state index contributed by atoms with van der Waals surface area (Å²) in [4.78, 5) is 12.3. The number of nitrogens with one attached hydrogen (secondary N) is 1. The number of amides is 1. The fourth-order valence-electron chi connectivity index (χ4n) is 2.71. The van der Waals surface area contributed by atoms with Gasteiger partial charge in [-0.3, -0.25) is 4.79 Å². The molecule has 0 unspecified atom stereocenters. The second-order valence-electron chi connectivity index (χ2n) is 6.16. The normalized spacial score (nSPS) is 15.9. The summed E-state index contributed by atoms with van der Waals surface area (Å²) in [5, 5.41) is 3.12. The summed E-state index contributed by atoms with van der Waals surface area (Å²) in [6, 6.07) is 5.48. The minimum Gasteiger partial charge on any atom is -0.487 e. The lowest BCUT2D eigenvalue weighted by molar-refractivity contribution is 0.0933. The van der Waals surface area contributed by atoms with E-state index >= 15 is 0 Å². The number of hydrogen-bond donors (Lipinski definition) is 2. The van der Waals surface area contributed by atoms with Crippen molar-refractivity contribution in [2.45, 2.75) is 51.5 Å². The number of carbonyl (C=O) groups is 1. The van der Waals surface area contributed by atoms with Crippen molar-refractivity contribution in [3.8, 4) is 5.75 Å². The van der Waals surface area contributed by atoms with Gasteiger partial charge in [0, 0.05) is 11.6 Å². The van der Waals surface area contributed by atoms with Crippen molar-refractivity contribution in [2.75, 3.05) is 12.3 Å². The van der Waals surface area contributed by atoms with Gasteiger partial charge in [-0.1, -0.05) is 32.3 Å². The van der Waals surface area contributed by atoms with Crippen molar-refractivity contribution in [3.05, 3.63) is 35.9 Å². The standard InChI is InChI=1S/C18H26N2O2/c1-13(2)12-22-17-10-9-14(11-16(17)19)18(21)20-15-7-5-3-4-6-8-15/h9-11,15H,1,3-8,12,19H2,2H3,(H,20,21). The summed E-state index contributed by atoms with van der Waals surface area (Å²) < 4.78 is 5.54. The molecule has 0 saturated heterocycles. The molecule has 3 N–H and O–H groups in total. The quantitative estimate of drug-likeness (QED) is 0.495. The zero-order chi connectivity index (χ0) is 15.9. The van der Waals surface area contributed by atoms with Crippen LogP contribution >= 0.6 is 0 Å². The molecule has 4 nitrogen and oxygen atoms in total. The zero-order valence-corrected chi connectivity index (χ0v) is 13.4. The molecule has 1 amide bonds. The van der Waals surface area contributed by atoms with Gasteiger partial charge in [-0.25, -0.2) is 0 Å². The highest BCUT2D eigenvalue weighted by Gasteiger charge is 2.16. The molecule has 4 heteroatoms. The Morgan fingerprint density at radius 2 is 2.00 bits per heavy atom. The van der Waals surface area contributed by atoms with Gasteiger partial charge in [0.15, 0.2) is 0 Å². The van der Waals surface area contributed by atoms with Crippen LogP contribution in [0.25, 0.3) is 0 Å². The Kier molecular flexibility index (Phi) is 5.87. The minimum absolute atomic E-state index is 0.0509. The summed E-state index contributed by atoms with van der Waals surface area (Å²) in [6.45, 7) is 6.11. The van der Waals surface area contributed by atoms with Crippen molar-refractivity contribution in [1.82, 2.24) is 5.32 Å². The first-order chi connectivity index (χ1) is 10.6. The smallest absolute Gasteiger partial charge is 0.251 e. The zero-order valence-electron chi connectivity index (χ0n) is 13.4. The maximum Gasteiger partial charge on any atom is 0.251 e. The lowest BCUT2D eigenvalue weighted by Crippen LogP contribution is -2.34. The van der Waals surface area contributed by atoms with Gasteiger partial charge in [0.05, 0.1) is 5.69 Å². The average Bonchev–Trinajstić information content (AvgIpc) is 2.74. The van der Waals surface area contributed by atoms with Gasteiger partial charge in [0.2, 0.25) is 0 Å². The van der Waals surface area contributed by atoms with E-state index in [9.17, 15) is 4.79 Å². The summed E-state index contributed by atoms with van der Waals surface area (Å²) in [7, 11) is 0. The SMILES string of the molecule is C=C(C)COc1ccc(C(=O)NC2CCCCCC2)cc1N. The third kappa shape index (κ3) is 4.79. The predicted molar refractivity (Wildman–Crippen MR) is 90.1 cm³/mol. The Labute approximate surface area is 132 Å². The monoisotopic (exact) mass is 302 g/mol. The molecule has 0 aliphatic heterocycles. The molecule has 0 atom stereocenters. The molecule has 1 fully saturated rings. The average molecular weight is 302 g/mol. The van der Waals surface area contributed by atoms with E-state index in [1.54, 1.807) is 18.2 Å². The van der Waals surface area contributed by atoms with E-state index in [2.05, 4.69) is 11.9 Å². The Balaban J connectivity index is 1.97. The van der Waals surface area contributed by atoms with Crippen LogP contribution in [0, 0.1) is 0 Å². The number of anilines is 1. The molecule has 0 radical (unpaired) electrons. The van der Waals surface area contributed by atoms with Crippen LogP contribution in [-0.4, -0.2) is 18.6 Å². The molecule has 0 heterocycles. The molecular weight excluding hydrogens is 276 g/mol. The van der Waals surface area contributed by atoms with Crippen LogP contribution in [0.4, 0.5) is 5.69 Å². The minimum atomic E-state index is -0.0509. The third-order valence-corrected chi connectivity index (χ3v) is 3.94. The fourth-order valence-corrected chi connectivity index (χ4v) is 2.71. The Bertz CT molecular complexity index is 532. The number of nitrogens with two attached hydrogens (primary N) is 1. The summed E-state index contributed by atoms with van der Waals surface area (Å²) in [5.74, 6) is 0.541. The lowest BCUT2D eigenvalue weighted by Gasteiger charge is -2.17. The molecule has 1 saturated carbocycles. The third-order valence-electron chi connectivity index (χ3n) is 3.94. The summed E-state index contributed by atoms with van der Waals surface area (Å²) in [5.41, 5.74) is 7.96. The first-order valence-electron chi connectivity index (χ1n) is 8.04. The Morgan fingerprint density at radius 3 is 2.59 bits per heavy atom. The fraction of sp³-hybridized carbons (Fsp3) is 0.500. The van der Waals surface area contributed by atoms with E-state index in [1.165, 1.54) is 25.7 Å². The topological polar surface area (TPSA) is 64.3 Å². The van der Waals surface area contributed by atoms with Gasteiger partial charge < -0.3 is 15.8 Å². The van der Waals surface area contributed by atoms with E-state index in [-0.39, 0.29) is 11.9 Å². The number of carbonyl (C=O) groups excluding carboxylic acids is 1. The van der Waals surface area contributed by atoms with E-state index in [0.717, 1.165) is 18.4 Å². The van der Waals surface area contributed by atoms with Crippen LogP contribution in [0.1, 0.15) is 55.8 Å². The number of hydrogen-bond acceptors (Lipinski definition) is 3. The van der Waals surface area contributed by atoms with Crippen molar-refractivity contribution in [2.24, 2.45) is 0 Å². The highest BCUT2D eigenvalue weighted by atomic mass is 16.5. The molecule has 1 aromatic rings. The molecule has 22 heavy (non-hydrogen) atoms. The van der Waals surface area contributed by atoms with Gasteiger partial charge in [-0.15, -0.1) is 0 Å². The van der Waals surface area contributed by atoms with Crippen LogP contribution in [0.3, 0.4) is 0 Å². The number of benzene rings is 1. The van der Waals surface area contributed by atoms with E-state index in [0.29, 0.717) is 23.6 Å². The van der Waals surface area contributed by atoms with Gasteiger partial charge in [-0.2, -0.15) is 0 Å². The van der Waals surface area contributed by atoms with Crippen molar-refractivity contribution >= 4 is 11.6 Å². The van der Waals surface area contributed by atoms with E-state index < -0.39 is 0 Å². The second kappa shape index (κ2) is 7.87. The molecule has 0 spiro atoms. The maximum absolute atomic E-state index is 12.3. The Hall–Kier alpha value is -1.97. The van der Waals surface area contributed by atoms with Crippen LogP contribution in [0.2, 0.25) is 0 Å². The van der Waals surface area contributed by atoms with Crippen LogP contribution in [-0.2, 0) is 0 Å². The second-order valence-corrected chi connectivity index (χ2v) is 6.16. The van der Waals surface area contributed by atoms with Gasteiger partial charge in [0.1, 0.15) is 12.4 Å². The largest absolute Gasteiger partial charge is 0.487 e. The highest BCUT2D eigenvalue weighted by molar-refractivity contribution is 5.95. The lowest BCUT2D eigenvalue weighted by atomic mass is 10.1. The first kappa shape index (κ1) is 16.4. The first-order valence-corrected chi connectivity index (χ1v) is 8.04. The van der Waals surface area contributed by atoms with Crippen LogP contribution in [0.5, 0.6) is 5.75 Å². The van der Waals surface area contributed by atoms with Crippen LogP contribution in [0.15, 0.2) is 30.4 Å². The number of rotatable bonds is 5. The highest BCUT2D eigenvalue weighted by Crippen LogP contribution is 2.23. The summed E-state index contributed by atoms with van der Waals surface area (Å²) >= 11 is 0. The molecule has 1 aliphatic rings. The van der Waals surface area contributed by atoms with E-state index in [4.69, 9.17) is 10.5 Å². The van der Waals surface area contributed by atoms with Crippen molar-refractivity contribution in [3.63, 3.8) is 0 Å². The van der Waals surface area contributed by atoms with Gasteiger partial charge in [0.25, 0.3) is 5.91 Å². The van der Waals surface area contributed by atoms with E-state index in [1.807, 2.05) is 6.92 Å². The molecule has 120 valence electrons. The molecule has 0 bridgehead atoms. The maximum atomic E-state index is 12.3. The molecule has 2 rings (SSSR count). The predicted octanol–water partition coefficient (Wildman–Crippen LogP) is 3.68.